The van der Waals surface area contributed by atoms with E-state index in [2.05, 4.69) is 84.3 Å². The van der Waals surface area contributed by atoms with Crippen LogP contribution in [0, 0.1) is 12.3 Å². The number of benzene rings is 3. The van der Waals surface area contributed by atoms with Crippen molar-refractivity contribution in [3.05, 3.63) is 102 Å². The summed E-state index contributed by atoms with van der Waals surface area (Å²) in [5.41, 5.74) is 7.17. The molecule has 4 rings (SSSR count). The summed E-state index contributed by atoms with van der Waals surface area (Å²) in [5.74, 6) is 0. The number of nitrogens with zero attached hydrogens (tertiary/aromatic N) is 1. The molecule has 0 saturated carbocycles. The van der Waals surface area contributed by atoms with Crippen molar-refractivity contribution in [3.63, 3.8) is 0 Å². The number of rotatable bonds is 4. The Bertz CT molecular complexity index is 1150. The summed E-state index contributed by atoms with van der Waals surface area (Å²) in [6.45, 7) is 4.06. The molecule has 1 aromatic heterocycles. The predicted molar refractivity (Wildman–Crippen MR) is 115 cm³/mol. The highest BCUT2D eigenvalue weighted by molar-refractivity contribution is 6.11. The van der Waals surface area contributed by atoms with Crippen molar-refractivity contribution in [1.82, 2.24) is 4.57 Å². The van der Waals surface area contributed by atoms with Gasteiger partial charge in [-0.15, -0.1) is 0 Å². The first kappa shape index (κ1) is 17.0. The molecule has 0 aliphatic rings. The Hall–Kier alpha value is -3.39. The van der Waals surface area contributed by atoms with Crippen LogP contribution in [0.1, 0.15) is 18.2 Å². The lowest BCUT2D eigenvalue weighted by atomic mass is 10.0. The fourth-order valence-electron chi connectivity index (χ4n) is 3.69. The van der Waals surface area contributed by atoms with Gasteiger partial charge in [-0.2, -0.15) is 0 Å². The molecule has 0 aliphatic heterocycles. The molecule has 4 aromatic rings. The van der Waals surface area contributed by atoms with E-state index in [-0.39, 0.29) is 0 Å². The van der Waals surface area contributed by atoms with Gasteiger partial charge in [-0.3, -0.25) is 5.41 Å². The van der Waals surface area contributed by atoms with Gasteiger partial charge in [0.25, 0.3) is 0 Å². The van der Waals surface area contributed by atoms with Gasteiger partial charge < -0.3 is 4.57 Å². The molecule has 0 radical (unpaired) electrons. The minimum absolute atomic E-state index is 0.524. The first-order chi connectivity index (χ1) is 13.2. The standard InChI is InChI=1S/C25H22N2/c1-3-10-23(26)25-18(2)22-15-7-8-16-24(22)27(25)21-14-9-13-20(17-21)19-11-5-4-6-12-19/h3-17,26H,1-2H3/b10-3-,26-23?. The van der Waals surface area contributed by atoms with E-state index in [4.69, 9.17) is 5.41 Å². The molecule has 0 fully saturated rings. The van der Waals surface area contributed by atoms with Gasteiger partial charge >= 0.3 is 0 Å². The van der Waals surface area contributed by atoms with Crippen LogP contribution >= 0.6 is 0 Å². The smallest absolute Gasteiger partial charge is 0.0780 e. The number of fused-ring (bicyclic) bond motifs is 1. The first-order valence-corrected chi connectivity index (χ1v) is 9.18. The van der Waals surface area contributed by atoms with Gasteiger partial charge in [-0.25, -0.2) is 0 Å². The molecule has 3 aromatic carbocycles. The molecule has 0 spiro atoms. The van der Waals surface area contributed by atoms with Crippen molar-refractivity contribution in [2.24, 2.45) is 0 Å². The normalized spacial score (nSPS) is 11.3. The second-order valence-electron chi connectivity index (χ2n) is 6.66. The molecule has 0 bridgehead atoms. The summed E-state index contributed by atoms with van der Waals surface area (Å²) >= 11 is 0. The summed E-state index contributed by atoms with van der Waals surface area (Å²) in [6.07, 6.45) is 3.78. The summed E-state index contributed by atoms with van der Waals surface area (Å²) in [5, 5.41) is 9.79. The van der Waals surface area contributed by atoms with Crippen LogP contribution in [0.15, 0.2) is 91.0 Å². The van der Waals surface area contributed by atoms with Gasteiger partial charge in [0.1, 0.15) is 0 Å². The summed E-state index contributed by atoms with van der Waals surface area (Å²) in [4.78, 5) is 0. The molecule has 1 N–H and O–H groups in total. The second-order valence-corrected chi connectivity index (χ2v) is 6.66. The number of aryl methyl sites for hydroxylation is 1. The van der Waals surface area contributed by atoms with E-state index >= 15 is 0 Å². The molecular weight excluding hydrogens is 328 g/mol. The number of hydrogen-bond donors (Lipinski definition) is 1. The molecular formula is C25H22N2. The minimum atomic E-state index is 0.524. The van der Waals surface area contributed by atoms with Crippen LogP contribution in [-0.2, 0) is 0 Å². The van der Waals surface area contributed by atoms with Crippen LogP contribution in [0.5, 0.6) is 0 Å². The van der Waals surface area contributed by atoms with E-state index in [0.29, 0.717) is 5.71 Å². The summed E-state index contributed by atoms with van der Waals surface area (Å²) in [7, 11) is 0. The highest BCUT2D eigenvalue weighted by atomic mass is 15.0. The van der Waals surface area contributed by atoms with Crippen molar-refractivity contribution in [1.29, 1.82) is 5.41 Å². The van der Waals surface area contributed by atoms with Crippen molar-refractivity contribution in [2.45, 2.75) is 13.8 Å². The fourth-order valence-corrected chi connectivity index (χ4v) is 3.69. The van der Waals surface area contributed by atoms with Crippen molar-refractivity contribution in [3.8, 4) is 16.8 Å². The molecule has 0 atom stereocenters. The molecule has 1 heterocycles. The fraction of sp³-hybridized carbons (Fsp3) is 0.0800. The van der Waals surface area contributed by atoms with Crippen LogP contribution < -0.4 is 0 Å². The molecule has 132 valence electrons. The third-order valence-corrected chi connectivity index (χ3v) is 4.93. The van der Waals surface area contributed by atoms with Crippen LogP contribution in [-0.4, -0.2) is 10.3 Å². The van der Waals surface area contributed by atoms with Gasteiger partial charge in [0.05, 0.1) is 16.9 Å². The maximum atomic E-state index is 8.60. The molecule has 0 unspecified atom stereocenters. The quantitative estimate of drug-likeness (QED) is 0.404. The van der Waals surface area contributed by atoms with Crippen LogP contribution in [0.4, 0.5) is 0 Å². The zero-order valence-electron chi connectivity index (χ0n) is 15.6. The molecule has 2 heteroatoms. The molecule has 27 heavy (non-hydrogen) atoms. The lowest BCUT2D eigenvalue weighted by Gasteiger charge is -2.13. The first-order valence-electron chi connectivity index (χ1n) is 9.18. The second kappa shape index (κ2) is 7.08. The molecule has 2 nitrogen and oxygen atoms in total. The van der Waals surface area contributed by atoms with E-state index < -0.39 is 0 Å². The topological polar surface area (TPSA) is 28.8 Å². The van der Waals surface area contributed by atoms with Gasteiger partial charge in [-0.1, -0.05) is 66.7 Å². The molecule has 0 saturated heterocycles. The molecule has 0 aliphatic carbocycles. The van der Waals surface area contributed by atoms with Crippen LogP contribution in [0.2, 0.25) is 0 Å². The Morgan fingerprint density at radius 3 is 2.33 bits per heavy atom. The predicted octanol–water partition coefficient (Wildman–Crippen LogP) is 6.55. The van der Waals surface area contributed by atoms with Gasteiger partial charge in [0.2, 0.25) is 0 Å². The zero-order valence-corrected chi connectivity index (χ0v) is 15.6. The lowest BCUT2D eigenvalue weighted by molar-refractivity contribution is 1.09. The Kier molecular flexibility index (Phi) is 4.47. The Morgan fingerprint density at radius 2 is 1.56 bits per heavy atom. The number of aromatic nitrogens is 1. The van der Waals surface area contributed by atoms with E-state index in [1.807, 2.05) is 25.1 Å². The summed E-state index contributed by atoms with van der Waals surface area (Å²) in [6, 6.07) is 27.3. The third kappa shape index (κ3) is 3.00. The largest absolute Gasteiger partial charge is 0.307 e. The maximum absolute atomic E-state index is 8.60. The number of para-hydroxylation sites is 1. The monoisotopic (exact) mass is 350 g/mol. The van der Waals surface area contributed by atoms with E-state index in [9.17, 15) is 0 Å². The van der Waals surface area contributed by atoms with Crippen molar-refractivity contribution >= 4 is 16.6 Å². The van der Waals surface area contributed by atoms with Crippen LogP contribution in [0.25, 0.3) is 27.7 Å². The van der Waals surface area contributed by atoms with E-state index in [1.165, 1.54) is 16.5 Å². The van der Waals surface area contributed by atoms with Gasteiger partial charge in [0.15, 0.2) is 0 Å². The Balaban J connectivity index is 1.99. The minimum Gasteiger partial charge on any atom is -0.307 e. The highest BCUT2D eigenvalue weighted by Crippen LogP contribution is 2.31. The maximum Gasteiger partial charge on any atom is 0.0780 e. The number of hydrogen-bond acceptors (Lipinski definition) is 1. The lowest BCUT2D eigenvalue weighted by Crippen LogP contribution is -2.07. The Labute approximate surface area is 159 Å². The average Bonchev–Trinajstić information content (AvgIpc) is 3.02. The highest BCUT2D eigenvalue weighted by Gasteiger charge is 2.17. The number of nitrogens with one attached hydrogen (secondary N) is 1. The SMILES string of the molecule is C/C=C\C(=N)c1c(C)c2ccccc2n1-c1cccc(-c2ccccc2)c1. The van der Waals surface area contributed by atoms with Gasteiger partial charge in [-0.05, 0) is 54.8 Å². The third-order valence-electron chi connectivity index (χ3n) is 4.93. The van der Waals surface area contributed by atoms with E-state index in [1.54, 1.807) is 0 Å². The number of allylic oxidation sites excluding steroid dienone is 2. The van der Waals surface area contributed by atoms with Crippen molar-refractivity contribution in [2.75, 3.05) is 0 Å². The molecule has 0 amide bonds. The van der Waals surface area contributed by atoms with Crippen molar-refractivity contribution < 1.29 is 0 Å². The Morgan fingerprint density at radius 1 is 0.852 bits per heavy atom. The van der Waals surface area contributed by atoms with Crippen LogP contribution in [0.3, 0.4) is 0 Å². The summed E-state index contributed by atoms with van der Waals surface area (Å²) < 4.78 is 2.21. The average molecular weight is 350 g/mol. The van der Waals surface area contributed by atoms with E-state index in [0.717, 1.165) is 22.5 Å². The van der Waals surface area contributed by atoms with Gasteiger partial charge in [0, 0.05) is 11.1 Å². The zero-order chi connectivity index (χ0) is 18.8.